The lowest BCUT2D eigenvalue weighted by Gasteiger charge is -2.39. The number of nitrogens with one attached hydrogen (secondary N) is 1. The molecule has 4 N–H and O–H groups in total. The van der Waals surface area contributed by atoms with Crippen LogP contribution in [0.2, 0.25) is 0 Å². The zero-order valence-corrected chi connectivity index (χ0v) is 23.2. The van der Waals surface area contributed by atoms with Crippen LogP contribution in [-0.2, 0) is 11.3 Å². The van der Waals surface area contributed by atoms with E-state index in [1.807, 2.05) is 10.9 Å². The number of fused-ring (bicyclic) bond motifs is 1. The molecule has 11 nitrogen and oxygen atoms in total. The molecule has 1 atom stereocenters. The molecule has 5 heterocycles. The van der Waals surface area contributed by atoms with Crippen molar-refractivity contribution in [2.75, 3.05) is 51.1 Å². The Morgan fingerprint density at radius 1 is 1.15 bits per heavy atom. The van der Waals surface area contributed by atoms with Gasteiger partial charge >= 0.3 is 0 Å². The fourth-order valence-corrected chi connectivity index (χ4v) is 6.02. The third kappa shape index (κ3) is 6.42. The lowest BCUT2D eigenvalue weighted by Crippen LogP contribution is -2.43. The van der Waals surface area contributed by atoms with Crippen molar-refractivity contribution in [1.82, 2.24) is 29.6 Å². The molecule has 2 saturated heterocycles. The van der Waals surface area contributed by atoms with Gasteiger partial charge in [-0.3, -0.25) is 9.67 Å². The third-order valence-corrected chi connectivity index (χ3v) is 8.14. The molecule has 0 amide bonds. The fourth-order valence-electron chi connectivity index (χ4n) is 6.02. The molecule has 0 radical (unpaired) electrons. The molecular weight excluding hydrogens is 496 g/mol. The minimum absolute atomic E-state index is 0.0747. The summed E-state index contributed by atoms with van der Waals surface area (Å²) in [6.07, 6.45) is 10.8. The van der Waals surface area contributed by atoms with Crippen molar-refractivity contribution in [3.63, 3.8) is 0 Å². The van der Waals surface area contributed by atoms with Crippen LogP contribution in [0, 0.1) is 0 Å². The van der Waals surface area contributed by atoms with Gasteiger partial charge in [0, 0.05) is 38.1 Å². The summed E-state index contributed by atoms with van der Waals surface area (Å²) >= 11 is 0. The molecule has 39 heavy (non-hydrogen) atoms. The largest absolute Gasteiger partial charge is 0.495 e. The number of aliphatic hydroxyl groups excluding tert-OH is 1. The van der Waals surface area contributed by atoms with Crippen molar-refractivity contribution in [3.8, 4) is 5.75 Å². The van der Waals surface area contributed by atoms with Crippen LogP contribution in [0.3, 0.4) is 0 Å². The van der Waals surface area contributed by atoms with Crippen molar-refractivity contribution in [2.24, 2.45) is 0 Å². The van der Waals surface area contributed by atoms with E-state index in [1.54, 1.807) is 13.3 Å². The van der Waals surface area contributed by atoms with Gasteiger partial charge in [-0.05, 0) is 69.2 Å². The molecule has 0 aliphatic carbocycles. The number of likely N-dealkylation sites (tertiary alicyclic amines) is 1. The lowest BCUT2D eigenvalue weighted by molar-refractivity contribution is 0.0251. The highest BCUT2D eigenvalue weighted by Crippen LogP contribution is 2.33. The number of nitrogens with zero attached hydrogens (tertiary/aromatic N) is 6. The van der Waals surface area contributed by atoms with Gasteiger partial charge in [0.1, 0.15) is 22.5 Å². The maximum Gasteiger partial charge on any atom is 0.222 e. The van der Waals surface area contributed by atoms with Crippen LogP contribution in [0.1, 0.15) is 69.0 Å². The molecule has 3 aromatic rings. The number of aliphatic hydroxyl groups is 1. The van der Waals surface area contributed by atoms with Gasteiger partial charge in [-0.1, -0.05) is 13.3 Å². The summed E-state index contributed by atoms with van der Waals surface area (Å²) in [6.45, 7) is 6.64. The van der Waals surface area contributed by atoms with Gasteiger partial charge in [0.05, 0.1) is 19.9 Å². The number of anilines is 2. The first-order valence-electron chi connectivity index (χ1n) is 14.3. The number of piperidine rings is 1. The van der Waals surface area contributed by atoms with E-state index in [2.05, 4.69) is 38.3 Å². The average molecular weight is 539 g/mol. The maximum absolute atomic E-state index is 9.52. The highest BCUT2D eigenvalue weighted by molar-refractivity contribution is 5.86. The number of pyridine rings is 1. The Morgan fingerprint density at radius 3 is 2.67 bits per heavy atom. The predicted molar refractivity (Wildman–Crippen MR) is 151 cm³/mol. The predicted octanol–water partition coefficient (Wildman–Crippen LogP) is 3.18. The average Bonchev–Trinajstić information content (AvgIpc) is 3.36. The Kier molecular flexibility index (Phi) is 9.10. The van der Waals surface area contributed by atoms with Gasteiger partial charge in [0.25, 0.3) is 0 Å². The zero-order chi connectivity index (χ0) is 27.2. The van der Waals surface area contributed by atoms with E-state index in [1.165, 1.54) is 5.56 Å². The van der Waals surface area contributed by atoms with Crippen molar-refractivity contribution < 1.29 is 14.6 Å². The Morgan fingerprint density at radius 2 is 1.95 bits per heavy atom. The minimum Gasteiger partial charge on any atom is -0.495 e. The monoisotopic (exact) mass is 538 g/mol. The summed E-state index contributed by atoms with van der Waals surface area (Å²) < 4.78 is 13.2. The van der Waals surface area contributed by atoms with E-state index in [4.69, 9.17) is 20.2 Å². The SMILES string of the molecule is CCCC(CCO)Nc1nc(N)nc2cnn(Cc3ncc(C4CCN(C5CCOCC5)CC4)cc3OC)c12. The normalized spacial score (nSPS) is 18.4. The molecule has 0 saturated carbocycles. The van der Waals surface area contributed by atoms with Gasteiger partial charge in [0.15, 0.2) is 5.82 Å². The number of methoxy groups -OCH3 is 1. The molecule has 2 aliphatic rings. The van der Waals surface area contributed by atoms with E-state index in [0.717, 1.165) is 81.8 Å². The molecular formula is C28H42N8O3. The van der Waals surface area contributed by atoms with Crippen LogP contribution < -0.4 is 15.8 Å². The summed E-state index contributed by atoms with van der Waals surface area (Å²) in [6, 6.07) is 2.89. The van der Waals surface area contributed by atoms with Crippen molar-refractivity contribution in [3.05, 3.63) is 29.7 Å². The molecule has 1 unspecified atom stereocenters. The summed E-state index contributed by atoms with van der Waals surface area (Å²) in [5, 5.41) is 17.6. The number of nitrogen functional groups attached to an aromatic ring is 1. The number of rotatable bonds is 11. The van der Waals surface area contributed by atoms with Crippen molar-refractivity contribution in [2.45, 2.75) is 76.4 Å². The highest BCUT2D eigenvalue weighted by atomic mass is 16.5. The number of ether oxygens (including phenoxy) is 2. The second-order valence-electron chi connectivity index (χ2n) is 10.7. The van der Waals surface area contributed by atoms with Crippen LogP contribution in [0.25, 0.3) is 11.0 Å². The summed E-state index contributed by atoms with van der Waals surface area (Å²) in [5.74, 6) is 2.05. The van der Waals surface area contributed by atoms with E-state index in [-0.39, 0.29) is 18.6 Å². The number of nitrogens with two attached hydrogens (primary N) is 1. The Bertz CT molecular complexity index is 1210. The summed E-state index contributed by atoms with van der Waals surface area (Å²) in [5.41, 5.74) is 9.46. The Hall–Kier alpha value is -3.02. The van der Waals surface area contributed by atoms with Crippen molar-refractivity contribution >= 4 is 22.8 Å². The molecule has 212 valence electrons. The Balaban J connectivity index is 1.33. The standard InChI is InChI=1S/C28H42N8O3/c1-3-4-21(7-12-37)32-27-26-23(33-28(29)34-27)17-31-36(26)18-24-25(38-2)15-20(16-30-24)19-5-10-35(11-6-19)22-8-13-39-14-9-22/h15-17,19,21-22,37H,3-14,18H2,1-2H3,(H3,29,32,33,34). The van der Waals surface area contributed by atoms with E-state index in [9.17, 15) is 5.11 Å². The number of hydrogen-bond acceptors (Lipinski definition) is 10. The van der Waals surface area contributed by atoms with Gasteiger partial charge in [-0.2, -0.15) is 10.1 Å². The second kappa shape index (κ2) is 12.9. The van der Waals surface area contributed by atoms with Crippen LogP contribution >= 0.6 is 0 Å². The quantitative estimate of drug-likeness (QED) is 0.334. The van der Waals surface area contributed by atoms with Crippen LogP contribution in [0.5, 0.6) is 5.75 Å². The van der Waals surface area contributed by atoms with Gasteiger partial charge in [-0.15, -0.1) is 0 Å². The van der Waals surface area contributed by atoms with Crippen LogP contribution in [0.15, 0.2) is 18.5 Å². The summed E-state index contributed by atoms with van der Waals surface area (Å²) in [7, 11) is 1.69. The summed E-state index contributed by atoms with van der Waals surface area (Å²) in [4.78, 5) is 16.4. The molecule has 5 rings (SSSR count). The molecule has 2 aliphatic heterocycles. The molecule has 0 aromatic carbocycles. The van der Waals surface area contributed by atoms with Crippen LogP contribution in [-0.4, -0.2) is 86.8 Å². The van der Waals surface area contributed by atoms with Crippen LogP contribution in [0.4, 0.5) is 11.8 Å². The molecule has 2 fully saturated rings. The first-order valence-corrected chi connectivity index (χ1v) is 14.3. The lowest BCUT2D eigenvalue weighted by atomic mass is 9.89. The molecule has 11 heteroatoms. The topological polar surface area (TPSA) is 136 Å². The molecule has 0 spiro atoms. The first kappa shape index (κ1) is 27.5. The highest BCUT2D eigenvalue weighted by Gasteiger charge is 2.28. The van der Waals surface area contributed by atoms with Crippen molar-refractivity contribution in [1.29, 1.82) is 0 Å². The Labute approximate surface area is 230 Å². The third-order valence-electron chi connectivity index (χ3n) is 8.14. The number of hydrogen-bond donors (Lipinski definition) is 3. The molecule has 0 bridgehead atoms. The zero-order valence-electron chi connectivity index (χ0n) is 23.2. The fraction of sp³-hybridized carbons (Fsp3) is 0.643. The smallest absolute Gasteiger partial charge is 0.222 e. The van der Waals surface area contributed by atoms with E-state index >= 15 is 0 Å². The molecule has 3 aromatic heterocycles. The first-order chi connectivity index (χ1) is 19.1. The van der Waals surface area contributed by atoms with Gasteiger partial charge in [-0.25, -0.2) is 4.98 Å². The van der Waals surface area contributed by atoms with E-state index < -0.39 is 0 Å². The van der Waals surface area contributed by atoms with Gasteiger partial charge in [0.2, 0.25) is 5.95 Å². The van der Waals surface area contributed by atoms with E-state index in [0.29, 0.717) is 36.3 Å². The minimum atomic E-state index is 0.0747. The number of aromatic nitrogens is 5. The second-order valence-corrected chi connectivity index (χ2v) is 10.7. The van der Waals surface area contributed by atoms with Gasteiger partial charge < -0.3 is 30.5 Å². The maximum atomic E-state index is 9.52.